The number of ether oxygens (including phenoxy) is 3. The van der Waals surface area contributed by atoms with Crippen molar-refractivity contribution in [3.63, 3.8) is 0 Å². The van der Waals surface area contributed by atoms with Gasteiger partial charge in [-0.15, -0.1) is 0 Å². The van der Waals surface area contributed by atoms with Crippen molar-refractivity contribution >= 4 is 11.6 Å². The topological polar surface area (TPSA) is 60.4 Å². The molecule has 0 atom stereocenters. The van der Waals surface area contributed by atoms with Crippen LogP contribution in [0.3, 0.4) is 0 Å². The molecule has 0 spiro atoms. The van der Waals surface area contributed by atoms with Crippen molar-refractivity contribution in [2.24, 2.45) is 5.10 Å². The number of methoxy groups -OCH3 is 2. The van der Waals surface area contributed by atoms with Gasteiger partial charge in [-0.1, -0.05) is 36.4 Å². The van der Waals surface area contributed by atoms with Gasteiger partial charge in [-0.3, -0.25) is 4.79 Å². The molecule has 2 aromatic rings. The summed E-state index contributed by atoms with van der Waals surface area (Å²) in [6.07, 6.45) is 0.730. The highest BCUT2D eigenvalue weighted by atomic mass is 16.5. The lowest BCUT2D eigenvalue weighted by Crippen LogP contribution is -2.29. The van der Waals surface area contributed by atoms with E-state index in [1.165, 1.54) is 5.01 Å². The highest BCUT2D eigenvalue weighted by Crippen LogP contribution is 2.36. The summed E-state index contributed by atoms with van der Waals surface area (Å²) in [7, 11) is 3.08. The number of carbonyl (C=O) groups is 1. The Morgan fingerprint density at radius 3 is 2.36 bits per heavy atom. The Morgan fingerprint density at radius 2 is 1.72 bits per heavy atom. The summed E-state index contributed by atoms with van der Waals surface area (Å²) in [5, 5.41) is 5.86. The Morgan fingerprint density at radius 1 is 1.04 bits per heavy atom. The molecular formula is C19H20N2O4. The van der Waals surface area contributed by atoms with E-state index in [1.54, 1.807) is 32.4 Å². The third-order valence-corrected chi connectivity index (χ3v) is 3.92. The van der Waals surface area contributed by atoms with Crippen LogP contribution in [0.25, 0.3) is 0 Å². The molecule has 0 saturated heterocycles. The van der Waals surface area contributed by atoms with E-state index in [-0.39, 0.29) is 12.5 Å². The molecule has 130 valence electrons. The van der Waals surface area contributed by atoms with Crippen LogP contribution in [0, 0.1) is 0 Å². The van der Waals surface area contributed by atoms with Gasteiger partial charge in [0.15, 0.2) is 18.1 Å². The standard InChI is InChI=1S/C19H20N2O4/c1-23-16-9-6-10-17(24-2)19(16)25-13-18(22)21-12-11-15(20-21)14-7-4-3-5-8-14/h3-10H,11-13H2,1-2H3. The van der Waals surface area contributed by atoms with Crippen LogP contribution >= 0.6 is 0 Å². The van der Waals surface area contributed by atoms with Crippen LogP contribution in [0.15, 0.2) is 53.6 Å². The van der Waals surface area contributed by atoms with Crippen molar-refractivity contribution in [3.05, 3.63) is 54.1 Å². The molecule has 0 fully saturated rings. The Hall–Kier alpha value is -3.02. The Labute approximate surface area is 146 Å². The molecule has 0 bridgehead atoms. The second-order valence-electron chi connectivity index (χ2n) is 5.46. The minimum absolute atomic E-state index is 0.137. The first-order valence-corrected chi connectivity index (χ1v) is 8.00. The van der Waals surface area contributed by atoms with Crippen molar-refractivity contribution in [2.75, 3.05) is 27.4 Å². The Kier molecular flexibility index (Phi) is 5.18. The van der Waals surface area contributed by atoms with E-state index >= 15 is 0 Å². The van der Waals surface area contributed by atoms with Gasteiger partial charge in [0.25, 0.3) is 5.91 Å². The summed E-state index contributed by atoms with van der Waals surface area (Å²) in [6.45, 7) is 0.414. The van der Waals surface area contributed by atoms with Crippen LogP contribution in [0.5, 0.6) is 17.2 Å². The first kappa shape index (κ1) is 16.8. The summed E-state index contributed by atoms with van der Waals surface area (Å²) in [5.41, 5.74) is 1.94. The summed E-state index contributed by atoms with van der Waals surface area (Å²) in [4.78, 5) is 12.4. The fourth-order valence-corrected chi connectivity index (χ4v) is 2.64. The quantitative estimate of drug-likeness (QED) is 0.811. The normalized spacial score (nSPS) is 13.4. The van der Waals surface area contributed by atoms with Gasteiger partial charge in [0.05, 0.1) is 26.5 Å². The number of hydrogen-bond acceptors (Lipinski definition) is 5. The van der Waals surface area contributed by atoms with Gasteiger partial charge in [-0.25, -0.2) is 5.01 Å². The lowest BCUT2D eigenvalue weighted by Gasteiger charge is -2.16. The predicted molar refractivity (Wildman–Crippen MR) is 94.4 cm³/mol. The van der Waals surface area contributed by atoms with E-state index in [2.05, 4.69) is 5.10 Å². The van der Waals surface area contributed by atoms with E-state index in [4.69, 9.17) is 14.2 Å². The van der Waals surface area contributed by atoms with E-state index in [0.29, 0.717) is 23.8 Å². The van der Waals surface area contributed by atoms with Crippen LogP contribution in [0.1, 0.15) is 12.0 Å². The zero-order chi connectivity index (χ0) is 17.6. The maximum absolute atomic E-state index is 12.4. The zero-order valence-electron chi connectivity index (χ0n) is 14.3. The molecule has 1 aliphatic heterocycles. The molecular weight excluding hydrogens is 320 g/mol. The molecule has 2 aromatic carbocycles. The molecule has 3 rings (SSSR count). The maximum Gasteiger partial charge on any atom is 0.280 e. The molecule has 0 aliphatic carbocycles. The van der Waals surface area contributed by atoms with E-state index in [0.717, 1.165) is 17.7 Å². The lowest BCUT2D eigenvalue weighted by atomic mass is 10.1. The van der Waals surface area contributed by atoms with E-state index in [1.807, 2.05) is 30.3 Å². The minimum Gasteiger partial charge on any atom is -0.493 e. The Bertz CT molecular complexity index is 752. The molecule has 25 heavy (non-hydrogen) atoms. The van der Waals surface area contributed by atoms with Crippen LogP contribution in [0.2, 0.25) is 0 Å². The van der Waals surface area contributed by atoms with Gasteiger partial charge in [0.2, 0.25) is 5.75 Å². The van der Waals surface area contributed by atoms with Gasteiger partial charge in [0.1, 0.15) is 0 Å². The maximum atomic E-state index is 12.4. The number of amides is 1. The molecule has 0 radical (unpaired) electrons. The lowest BCUT2D eigenvalue weighted by molar-refractivity contribution is -0.132. The largest absolute Gasteiger partial charge is 0.493 e. The zero-order valence-corrected chi connectivity index (χ0v) is 14.3. The number of benzene rings is 2. The van der Waals surface area contributed by atoms with Gasteiger partial charge >= 0.3 is 0 Å². The fourth-order valence-electron chi connectivity index (χ4n) is 2.64. The van der Waals surface area contributed by atoms with E-state index < -0.39 is 0 Å². The number of hydrogen-bond donors (Lipinski definition) is 0. The van der Waals surface area contributed by atoms with Crippen molar-refractivity contribution in [3.8, 4) is 17.2 Å². The third kappa shape index (κ3) is 3.74. The second kappa shape index (κ2) is 7.70. The second-order valence-corrected chi connectivity index (χ2v) is 5.46. The summed E-state index contributed by atoms with van der Waals surface area (Å²) < 4.78 is 16.2. The SMILES string of the molecule is COc1cccc(OC)c1OCC(=O)N1CCC(c2ccccc2)=N1. The third-order valence-electron chi connectivity index (χ3n) is 3.92. The number of hydrazone groups is 1. The van der Waals surface area contributed by atoms with Crippen molar-refractivity contribution in [2.45, 2.75) is 6.42 Å². The molecule has 0 saturated carbocycles. The van der Waals surface area contributed by atoms with Crippen molar-refractivity contribution in [1.29, 1.82) is 0 Å². The highest BCUT2D eigenvalue weighted by molar-refractivity contribution is 6.02. The minimum atomic E-state index is -0.209. The van der Waals surface area contributed by atoms with Gasteiger partial charge < -0.3 is 14.2 Å². The smallest absolute Gasteiger partial charge is 0.280 e. The van der Waals surface area contributed by atoms with Gasteiger partial charge in [-0.2, -0.15) is 5.10 Å². The molecule has 0 unspecified atom stereocenters. The summed E-state index contributed by atoms with van der Waals surface area (Å²) >= 11 is 0. The summed E-state index contributed by atoms with van der Waals surface area (Å²) in [5.74, 6) is 1.23. The molecule has 1 aliphatic rings. The molecule has 1 amide bonds. The average Bonchev–Trinajstić information content (AvgIpc) is 3.16. The van der Waals surface area contributed by atoms with Crippen LogP contribution in [-0.2, 0) is 4.79 Å². The fraction of sp³-hybridized carbons (Fsp3) is 0.263. The monoisotopic (exact) mass is 340 g/mol. The van der Waals surface area contributed by atoms with Crippen molar-refractivity contribution < 1.29 is 19.0 Å². The molecule has 6 nitrogen and oxygen atoms in total. The van der Waals surface area contributed by atoms with E-state index in [9.17, 15) is 4.79 Å². The van der Waals surface area contributed by atoms with Crippen LogP contribution in [0.4, 0.5) is 0 Å². The number of para-hydroxylation sites is 1. The van der Waals surface area contributed by atoms with Crippen LogP contribution < -0.4 is 14.2 Å². The molecule has 1 heterocycles. The first-order chi connectivity index (χ1) is 12.2. The number of nitrogens with zero attached hydrogens (tertiary/aromatic N) is 2. The van der Waals surface area contributed by atoms with Gasteiger partial charge in [-0.05, 0) is 17.7 Å². The van der Waals surface area contributed by atoms with Gasteiger partial charge in [0, 0.05) is 6.42 Å². The Balaban J connectivity index is 1.67. The average molecular weight is 340 g/mol. The van der Waals surface area contributed by atoms with Crippen molar-refractivity contribution in [1.82, 2.24) is 5.01 Å². The highest BCUT2D eigenvalue weighted by Gasteiger charge is 2.23. The molecule has 0 aromatic heterocycles. The van der Waals surface area contributed by atoms with Crippen LogP contribution in [-0.4, -0.2) is 44.0 Å². The number of rotatable bonds is 6. The molecule has 0 N–H and O–H groups in total. The first-order valence-electron chi connectivity index (χ1n) is 8.00. The number of carbonyl (C=O) groups excluding carboxylic acids is 1. The predicted octanol–water partition coefficient (Wildman–Crippen LogP) is 2.72. The molecule has 6 heteroatoms. The summed E-state index contributed by atoms with van der Waals surface area (Å²) in [6, 6.07) is 15.2.